The van der Waals surface area contributed by atoms with Gasteiger partial charge in [-0.2, -0.15) is 5.48 Å². The first-order valence-electron chi connectivity index (χ1n) is 11.5. The Morgan fingerprint density at radius 2 is 1.78 bits per heavy atom. The molecular formula is C25H31NO9S. The molecule has 4 N–H and O–H groups in total. The Bertz CT molecular complexity index is 1160. The summed E-state index contributed by atoms with van der Waals surface area (Å²) < 4.78 is 22.3. The highest BCUT2D eigenvalue weighted by molar-refractivity contribution is 7.98. The third-order valence-corrected chi connectivity index (χ3v) is 7.28. The minimum Gasteiger partial charge on any atom is -0.493 e. The zero-order valence-corrected chi connectivity index (χ0v) is 21.3. The Balaban J connectivity index is 1.81. The van der Waals surface area contributed by atoms with Crippen LogP contribution < -0.4 is 25.1 Å². The molecule has 5 atom stereocenters. The number of aryl methyl sites for hydroxylation is 1. The minimum absolute atomic E-state index is 0.147. The maximum Gasteiger partial charge on any atom is 0.206 e. The lowest BCUT2D eigenvalue weighted by Crippen LogP contribution is -2.55. The number of benzene rings is 1. The lowest BCUT2D eigenvalue weighted by Gasteiger charge is -2.35. The number of hydrogen-bond acceptors (Lipinski definition) is 11. The fraction of sp³-hybridized carbons (Fsp3) is 0.480. The monoisotopic (exact) mass is 521 g/mol. The van der Waals surface area contributed by atoms with Crippen LogP contribution in [0.25, 0.3) is 11.1 Å². The lowest BCUT2D eigenvalue weighted by atomic mass is 9.95. The number of aliphatic hydroxyl groups is 3. The summed E-state index contributed by atoms with van der Waals surface area (Å²) in [6.07, 6.45) is -2.35. The summed E-state index contributed by atoms with van der Waals surface area (Å²) in [5, 5.41) is 30.0. The van der Waals surface area contributed by atoms with Crippen molar-refractivity contribution >= 4 is 11.8 Å². The largest absolute Gasteiger partial charge is 0.493 e. The maximum absolute atomic E-state index is 13.0. The topological polar surface area (TPSA) is 136 Å². The molecule has 0 amide bonds. The highest BCUT2D eigenvalue weighted by atomic mass is 32.2. The van der Waals surface area contributed by atoms with Gasteiger partial charge in [0, 0.05) is 5.56 Å². The zero-order chi connectivity index (χ0) is 26.0. The molecule has 1 fully saturated rings. The SMILES string of the molecule is COc1cc2c(c(OC)c1OC)-c1ccc(SC)c(=O)cc1[C@@H](NO[C@H]1OC[C@@H](O)[C@@H](O)[C@@H]1O)CC2. The molecule has 0 aromatic heterocycles. The number of nitrogens with one attached hydrogen (secondary N) is 1. The van der Waals surface area contributed by atoms with Crippen molar-refractivity contribution in [2.45, 2.75) is 48.4 Å². The lowest BCUT2D eigenvalue weighted by molar-refractivity contribution is -0.291. The summed E-state index contributed by atoms with van der Waals surface area (Å²) in [6.45, 7) is -0.190. The Morgan fingerprint density at radius 1 is 1.03 bits per heavy atom. The molecule has 1 aliphatic carbocycles. The first-order chi connectivity index (χ1) is 17.3. The Hall–Kier alpha value is -2.38. The van der Waals surface area contributed by atoms with Crippen LogP contribution in [0, 0.1) is 0 Å². The van der Waals surface area contributed by atoms with Crippen LogP contribution in [-0.2, 0) is 16.0 Å². The molecule has 1 heterocycles. The highest BCUT2D eigenvalue weighted by Gasteiger charge is 2.39. The van der Waals surface area contributed by atoms with E-state index >= 15 is 0 Å². The van der Waals surface area contributed by atoms with Crippen molar-refractivity contribution < 1.29 is 39.1 Å². The van der Waals surface area contributed by atoms with Gasteiger partial charge in [0.1, 0.15) is 18.3 Å². The summed E-state index contributed by atoms with van der Waals surface area (Å²) in [5.41, 5.74) is 5.92. The molecule has 1 saturated heterocycles. The fourth-order valence-electron chi connectivity index (χ4n) is 4.62. The van der Waals surface area contributed by atoms with E-state index in [1.807, 2.05) is 18.4 Å². The van der Waals surface area contributed by atoms with Crippen molar-refractivity contribution in [1.82, 2.24) is 5.48 Å². The highest BCUT2D eigenvalue weighted by Crippen LogP contribution is 2.50. The van der Waals surface area contributed by atoms with Crippen LogP contribution in [0.15, 0.2) is 34.0 Å². The van der Waals surface area contributed by atoms with Gasteiger partial charge in [-0.1, -0.05) is 6.07 Å². The van der Waals surface area contributed by atoms with E-state index in [0.29, 0.717) is 40.5 Å². The molecule has 2 aliphatic rings. The number of hydrogen-bond donors (Lipinski definition) is 4. The Labute approximate surface area is 213 Å². The minimum atomic E-state index is -1.46. The summed E-state index contributed by atoms with van der Waals surface area (Å²) >= 11 is 1.35. The molecule has 2 aromatic rings. The van der Waals surface area contributed by atoms with E-state index in [-0.39, 0.29) is 12.0 Å². The van der Waals surface area contributed by atoms with E-state index in [0.717, 1.165) is 16.7 Å². The van der Waals surface area contributed by atoms with Gasteiger partial charge < -0.3 is 34.3 Å². The normalized spacial score (nSPS) is 25.4. The average molecular weight is 522 g/mol. The van der Waals surface area contributed by atoms with Gasteiger partial charge in [-0.15, -0.1) is 11.8 Å². The van der Waals surface area contributed by atoms with Crippen molar-refractivity contribution in [3.63, 3.8) is 0 Å². The molecule has 0 bridgehead atoms. The van der Waals surface area contributed by atoms with Crippen LogP contribution in [0.2, 0.25) is 0 Å². The zero-order valence-electron chi connectivity index (χ0n) is 20.5. The number of rotatable bonds is 7. The van der Waals surface area contributed by atoms with E-state index in [2.05, 4.69) is 5.48 Å². The molecule has 0 radical (unpaired) electrons. The van der Waals surface area contributed by atoms with Gasteiger partial charge in [0.05, 0.1) is 38.9 Å². The van der Waals surface area contributed by atoms with Crippen LogP contribution in [0.3, 0.4) is 0 Å². The summed E-state index contributed by atoms with van der Waals surface area (Å²) in [4.78, 5) is 19.2. The third kappa shape index (κ3) is 4.92. The number of ether oxygens (including phenoxy) is 4. The summed E-state index contributed by atoms with van der Waals surface area (Å²) in [5.74, 6) is 1.46. The number of aliphatic hydroxyl groups excluding tert-OH is 3. The number of fused-ring (bicyclic) bond motifs is 3. The molecule has 36 heavy (non-hydrogen) atoms. The quantitative estimate of drug-likeness (QED) is 0.311. The Morgan fingerprint density at radius 3 is 2.44 bits per heavy atom. The standard InChI is InChI=1S/C25H31NO9S/c1-31-18-9-12-5-7-15(26-35-25-22(30)21(29)17(28)11-34-25)14-10-16(27)19(36-4)8-6-13(14)20(12)24(33-3)23(18)32-2/h6,8-10,15,17,21-22,25-26,28-30H,5,7,11H2,1-4H3/t15-,17+,21+,22-,25+/m0/s1. The van der Waals surface area contributed by atoms with E-state index in [1.54, 1.807) is 26.4 Å². The average Bonchev–Trinajstić information content (AvgIpc) is 3.13. The van der Waals surface area contributed by atoms with Gasteiger partial charge >= 0.3 is 0 Å². The van der Waals surface area contributed by atoms with Crippen molar-refractivity contribution in [3.8, 4) is 28.4 Å². The van der Waals surface area contributed by atoms with Gasteiger partial charge in [-0.05, 0) is 54.0 Å². The smallest absolute Gasteiger partial charge is 0.206 e. The number of thioether (sulfide) groups is 1. The molecule has 0 spiro atoms. The summed E-state index contributed by atoms with van der Waals surface area (Å²) in [6, 6.07) is 6.65. The van der Waals surface area contributed by atoms with Crippen LogP contribution >= 0.6 is 11.8 Å². The second-order valence-corrected chi connectivity index (χ2v) is 9.38. The molecule has 4 rings (SSSR count). The molecule has 1 aliphatic heterocycles. The predicted octanol–water partition coefficient (Wildman–Crippen LogP) is 1.41. The van der Waals surface area contributed by atoms with Crippen molar-refractivity contribution in [1.29, 1.82) is 0 Å². The Kier molecular flexibility index (Phi) is 8.41. The molecule has 10 nitrogen and oxygen atoms in total. The molecule has 0 unspecified atom stereocenters. The van der Waals surface area contributed by atoms with Crippen molar-refractivity contribution in [3.05, 3.63) is 45.6 Å². The van der Waals surface area contributed by atoms with E-state index in [4.69, 9.17) is 23.8 Å². The van der Waals surface area contributed by atoms with Gasteiger partial charge in [-0.3, -0.25) is 9.63 Å². The summed E-state index contributed by atoms with van der Waals surface area (Å²) in [7, 11) is 4.65. The van der Waals surface area contributed by atoms with Gasteiger partial charge in [0.15, 0.2) is 16.9 Å². The first-order valence-corrected chi connectivity index (χ1v) is 12.7. The number of methoxy groups -OCH3 is 3. The van der Waals surface area contributed by atoms with E-state index in [1.165, 1.54) is 18.9 Å². The molecule has 11 heteroatoms. The van der Waals surface area contributed by atoms with E-state index < -0.39 is 30.6 Å². The van der Waals surface area contributed by atoms with Crippen LogP contribution in [0.5, 0.6) is 17.2 Å². The van der Waals surface area contributed by atoms with Crippen molar-refractivity contribution in [2.75, 3.05) is 34.2 Å². The fourth-order valence-corrected chi connectivity index (χ4v) is 5.09. The first kappa shape index (κ1) is 26.7. The maximum atomic E-state index is 13.0. The second-order valence-electron chi connectivity index (χ2n) is 8.54. The molecule has 2 aromatic carbocycles. The third-order valence-electron chi connectivity index (χ3n) is 6.50. The molecule has 196 valence electrons. The van der Waals surface area contributed by atoms with E-state index in [9.17, 15) is 20.1 Å². The number of hydroxylamine groups is 1. The second kappa shape index (κ2) is 11.3. The van der Waals surface area contributed by atoms with Gasteiger partial charge in [-0.25, -0.2) is 0 Å². The van der Waals surface area contributed by atoms with Crippen molar-refractivity contribution in [2.24, 2.45) is 0 Å². The molecular weight excluding hydrogens is 490 g/mol. The van der Waals surface area contributed by atoms with Gasteiger partial charge in [0.25, 0.3) is 0 Å². The predicted molar refractivity (Wildman–Crippen MR) is 133 cm³/mol. The van der Waals surface area contributed by atoms with Crippen LogP contribution in [0.1, 0.15) is 23.6 Å². The van der Waals surface area contributed by atoms with Crippen LogP contribution in [-0.4, -0.2) is 74.1 Å². The van der Waals surface area contributed by atoms with Crippen LogP contribution in [0.4, 0.5) is 0 Å². The van der Waals surface area contributed by atoms with Gasteiger partial charge in [0.2, 0.25) is 12.0 Å². The molecule has 0 saturated carbocycles.